The Hall–Kier alpha value is -2.06. The van der Waals surface area contributed by atoms with Crippen molar-refractivity contribution < 1.29 is 9.13 Å². The predicted molar refractivity (Wildman–Crippen MR) is 74.0 cm³/mol. The number of nitrogens with zero attached hydrogens (tertiary/aromatic N) is 1. The number of halogens is 2. The Morgan fingerprint density at radius 3 is 2.68 bits per heavy atom. The van der Waals surface area contributed by atoms with Crippen molar-refractivity contribution in [3.05, 3.63) is 57.8 Å². The summed E-state index contributed by atoms with van der Waals surface area (Å²) in [5.41, 5.74) is 6.56. The fraction of sp³-hybridized carbons (Fsp3) is 0.0714. The highest BCUT2D eigenvalue weighted by atomic mass is 79.9. The molecule has 0 unspecified atom stereocenters. The molecule has 3 nitrogen and oxygen atoms in total. The van der Waals surface area contributed by atoms with Crippen LogP contribution >= 0.6 is 15.9 Å². The zero-order valence-electron chi connectivity index (χ0n) is 9.86. The molecule has 5 heteroatoms. The van der Waals surface area contributed by atoms with E-state index in [1.165, 1.54) is 6.07 Å². The number of ether oxygens (including phenoxy) is 1. The van der Waals surface area contributed by atoms with Crippen LogP contribution in [0.2, 0.25) is 0 Å². The lowest BCUT2D eigenvalue weighted by Gasteiger charge is -2.11. The zero-order chi connectivity index (χ0) is 13.8. The standard InChI is InChI=1S/C14H10BrFN2O/c15-11-5-2-6-12(18)14(11)19-8-10-4-1-3-9(7-17)13(10)16/h1-6H,8,18H2. The third-order valence-corrected chi connectivity index (χ3v) is 3.19. The molecule has 0 heterocycles. The molecule has 0 spiro atoms. The van der Waals surface area contributed by atoms with Gasteiger partial charge in [-0.1, -0.05) is 18.2 Å². The lowest BCUT2D eigenvalue weighted by molar-refractivity contribution is 0.299. The average molecular weight is 321 g/mol. The van der Waals surface area contributed by atoms with Crippen molar-refractivity contribution in [2.24, 2.45) is 0 Å². The number of hydrogen-bond donors (Lipinski definition) is 1. The summed E-state index contributed by atoms with van der Waals surface area (Å²) < 4.78 is 20.0. The van der Waals surface area contributed by atoms with Gasteiger partial charge in [0.25, 0.3) is 0 Å². The molecule has 0 atom stereocenters. The second kappa shape index (κ2) is 5.72. The summed E-state index contributed by atoms with van der Waals surface area (Å²) in [6.45, 7) is 0.00810. The van der Waals surface area contributed by atoms with Gasteiger partial charge in [0.05, 0.1) is 15.7 Å². The van der Waals surface area contributed by atoms with Crippen molar-refractivity contribution >= 4 is 21.6 Å². The summed E-state index contributed by atoms with van der Waals surface area (Å²) >= 11 is 3.32. The SMILES string of the molecule is N#Cc1cccc(COc2c(N)cccc2Br)c1F. The predicted octanol–water partition coefficient (Wildman–Crippen LogP) is 3.62. The minimum Gasteiger partial charge on any atom is -0.485 e. The highest BCUT2D eigenvalue weighted by Gasteiger charge is 2.10. The number of nitrogen functional groups attached to an aromatic ring is 1. The maximum atomic E-state index is 13.8. The topological polar surface area (TPSA) is 59.0 Å². The van der Waals surface area contributed by atoms with E-state index >= 15 is 0 Å². The Morgan fingerprint density at radius 1 is 1.26 bits per heavy atom. The van der Waals surface area contributed by atoms with Crippen molar-refractivity contribution in [1.29, 1.82) is 5.26 Å². The molecule has 0 aliphatic rings. The van der Waals surface area contributed by atoms with Crippen LogP contribution in [-0.4, -0.2) is 0 Å². The summed E-state index contributed by atoms with van der Waals surface area (Å²) in [5.74, 6) is -0.0973. The zero-order valence-corrected chi connectivity index (χ0v) is 11.4. The molecule has 0 saturated heterocycles. The maximum absolute atomic E-state index is 13.8. The molecule has 0 aliphatic carbocycles. The van der Waals surface area contributed by atoms with Crippen LogP contribution in [0, 0.1) is 17.1 Å². The van der Waals surface area contributed by atoms with Crippen molar-refractivity contribution in [1.82, 2.24) is 0 Å². The van der Waals surface area contributed by atoms with Crippen molar-refractivity contribution in [2.75, 3.05) is 5.73 Å². The number of hydrogen-bond acceptors (Lipinski definition) is 3. The van der Waals surface area contributed by atoms with Gasteiger partial charge in [-0.2, -0.15) is 5.26 Å². The molecule has 0 aliphatic heterocycles. The van der Waals surface area contributed by atoms with E-state index in [0.717, 1.165) is 0 Å². The van der Waals surface area contributed by atoms with Crippen molar-refractivity contribution in [2.45, 2.75) is 6.61 Å². The van der Waals surface area contributed by atoms with Crippen LogP contribution in [0.3, 0.4) is 0 Å². The van der Waals surface area contributed by atoms with Crippen LogP contribution < -0.4 is 10.5 Å². The number of nitrogens with two attached hydrogens (primary N) is 1. The van der Waals surface area contributed by atoms with Crippen molar-refractivity contribution in [3.8, 4) is 11.8 Å². The van der Waals surface area contributed by atoms with Gasteiger partial charge in [-0.15, -0.1) is 0 Å². The first-order chi connectivity index (χ1) is 9.13. The van der Waals surface area contributed by atoms with Crippen molar-refractivity contribution in [3.63, 3.8) is 0 Å². The molecule has 2 aromatic rings. The van der Waals surface area contributed by atoms with Gasteiger partial charge in [-0.25, -0.2) is 4.39 Å². The number of para-hydroxylation sites is 1. The van der Waals surface area contributed by atoms with E-state index in [2.05, 4.69) is 15.9 Å². The second-order valence-corrected chi connectivity index (χ2v) is 4.69. The van der Waals surface area contributed by atoms with E-state index in [9.17, 15) is 4.39 Å². The van der Waals surface area contributed by atoms with E-state index in [1.807, 2.05) is 0 Å². The number of benzene rings is 2. The van der Waals surface area contributed by atoms with Gasteiger partial charge in [0.1, 0.15) is 18.5 Å². The molecule has 0 saturated carbocycles. The van der Waals surface area contributed by atoms with E-state index in [4.69, 9.17) is 15.7 Å². The number of nitriles is 1. The quantitative estimate of drug-likeness (QED) is 0.879. The highest BCUT2D eigenvalue weighted by molar-refractivity contribution is 9.10. The third kappa shape index (κ3) is 2.85. The largest absolute Gasteiger partial charge is 0.485 e. The molecule has 19 heavy (non-hydrogen) atoms. The summed E-state index contributed by atoms with van der Waals surface area (Å²) in [6.07, 6.45) is 0. The molecular weight excluding hydrogens is 311 g/mol. The van der Waals surface area contributed by atoms with E-state index in [-0.39, 0.29) is 12.2 Å². The molecule has 0 radical (unpaired) electrons. The van der Waals surface area contributed by atoms with Gasteiger partial charge >= 0.3 is 0 Å². The Balaban J connectivity index is 2.22. The molecule has 2 rings (SSSR count). The average Bonchev–Trinajstić information content (AvgIpc) is 2.40. The first-order valence-corrected chi connectivity index (χ1v) is 6.27. The van der Waals surface area contributed by atoms with Gasteiger partial charge in [-0.3, -0.25) is 0 Å². The van der Waals surface area contributed by atoms with Gasteiger partial charge < -0.3 is 10.5 Å². The fourth-order valence-corrected chi connectivity index (χ4v) is 2.10. The van der Waals surface area contributed by atoms with Crippen LogP contribution in [0.4, 0.5) is 10.1 Å². The summed E-state index contributed by atoms with van der Waals surface area (Å²) in [7, 11) is 0. The smallest absolute Gasteiger partial charge is 0.156 e. The minimum absolute atomic E-state index is 0.00111. The van der Waals surface area contributed by atoms with Gasteiger partial charge in [0.2, 0.25) is 0 Å². The Kier molecular flexibility index (Phi) is 4.03. The molecule has 0 amide bonds. The lowest BCUT2D eigenvalue weighted by Crippen LogP contribution is -2.02. The highest BCUT2D eigenvalue weighted by Crippen LogP contribution is 2.31. The Labute approximate surface area is 118 Å². The van der Waals surface area contributed by atoms with Gasteiger partial charge in [-0.05, 0) is 34.1 Å². The summed E-state index contributed by atoms with van der Waals surface area (Å²) in [5, 5.41) is 8.76. The Bertz CT molecular complexity index is 632. The second-order valence-electron chi connectivity index (χ2n) is 3.84. The lowest BCUT2D eigenvalue weighted by atomic mass is 10.1. The first kappa shape index (κ1) is 13.4. The normalized spacial score (nSPS) is 9.95. The monoisotopic (exact) mass is 320 g/mol. The molecule has 96 valence electrons. The number of rotatable bonds is 3. The molecule has 0 aromatic heterocycles. The molecule has 2 N–H and O–H groups in total. The van der Waals surface area contributed by atoms with Crippen LogP contribution in [-0.2, 0) is 6.61 Å². The van der Waals surface area contributed by atoms with Crippen LogP contribution in [0.1, 0.15) is 11.1 Å². The van der Waals surface area contributed by atoms with Crippen LogP contribution in [0.5, 0.6) is 5.75 Å². The maximum Gasteiger partial charge on any atom is 0.156 e. The number of anilines is 1. The molecule has 0 bridgehead atoms. The third-order valence-electron chi connectivity index (χ3n) is 2.57. The summed E-state index contributed by atoms with van der Waals surface area (Å²) in [6, 6.07) is 11.7. The van der Waals surface area contributed by atoms with E-state index in [0.29, 0.717) is 21.5 Å². The Morgan fingerprint density at radius 2 is 2.00 bits per heavy atom. The molecule has 0 fully saturated rings. The molecule has 2 aromatic carbocycles. The van der Waals surface area contributed by atoms with E-state index in [1.54, 1.807) is 36.4 Å². The molecular formula is C14H10BrFN2O. The van der Waals surface area contributed by atoms with Gasteiger partial charge in [0, 0.05) is 5.56 Å². The first-order valence-electron chi connectivity index (χ1n) is 5.47. The van der Waals surface area contributed by atoms with E-state index < -0.39 is 5.82 Å². The van der Waals surface area contributed by atoms with Gasteiger partial charge in [0.15, 0.2) is 5.75 Å². The summed E-state index contributed by atoms with van der Waals surface area (Å²) in [4.78, 5) is 0. The van der Waals surface area contributed by atoms with Crippen LogP contribution in [0.25, 0.3) is 0 Å². The minimum atomic E-state index is -0.560. The fourth-order valence-electron chi connectivity index (χ4n) is 1.61. The van der Waals surface area contributed by atoms with Crippen LogP contribution in [0.15, 0.2) is 40.9 Å².